The van der Waals surface area contributed by atoms with Gasteiger partial charge in [-0.3, -0.25) is 0 Å². The summed E-state index contributed by atoms with van der Waals surface area (Å²) in [4.78, 5) is 0. The van der Waals surface area contributed by atoms with Gasteiger partial charge in [-0.25, -0.2) is 0 Å². The number of ether oxygens (including phenoxy) is 1. The van der Waals surface area contributed by atoms with Gasteiger partial charge in [-0.15, -0.1) is 11.3 Å². The summed E-state index contributed by atoms with van der Waals surface area (Å²) in [7, 11) is 1.57. The number of hydrogen-bond donors (Lipinski definition) is 1. The summed E-state index contributed by atoms with van der Waals surface area (Å²) in [6.45, 7) is 0.675. The minimum absolute atomic E-state index is 0.560. The van der Waals surface area contributed by atoms with Crippen molar-refractivity contribution in [2.75, 3.05) is 12.4 Å². The van der Waals surface area contributed by atoms with Gasteiger partial charge in [-0.1, -0.05) is 6.07 Å². The molecule has 3 rings (SSSR count). The molecular formula is C17H14N2OS. The molecule has 21 heavy (non-hydrogen) atoms. The summed E-state index contributed by atoms with van der Waals surface area (Å²) < 4.78 is 6.44. The van der Waals surface area contributed by atoms with Crippen molar-refractivity contribution in [2.24, 2.45) is 0 Å². The number of fused-ring (bicyclic) bond motifs is 1. The minimum atomic E-state index is 0.560. The van der Waals surface area contributed by atoms with E-state index in [9.17, 15) is 0 Å². The second-order valence-corrected chi connectivity index (χ2v) is 5.62. The van der Waals surface area contributed by atoms with Crippen molar-refractivity contribution in [3.05, 3.63) is 59.0 Å². The van der Waals surface area contributed by atoms with Crippen molar-refractivity contribution in [1.82, 2.24) is 0 Å². The first-order valence-corrected chi connectivity index (χ1v) is 7.46. The fourth-order valence-electron chi connectivity index (χ4n) is 2.23. The molecule has 0 aliphatic rings. The zero-order valence-corrected chi connectivity index (χ0v) is 12.4. The van der Waals surface area contributed by atoms with Gasteiger partial charge in [0.15, 0.2) is 0 Å². The van der Waals surface area contributed by atoms with Crippen molar-refractivity contribution < 1.29 is 4.74 Å². The van der Waals surface area contributed by atoms with Crippen LogP contribution in [0.1, 0.15) is 11.1 Å². The predicted molar refractivity (Wildman–Crippen MR) is 86.9 cm³/mol. The van der Waals surface area contributed by atoms with Crippen LogP contribution in [-0.2, 0) is 6.54 Å². The number of benzene rings is 2. The number of nitriles is 1. The van der Waals surface area contributed by atoms with Crippen LogP contribution >= 0.6 is 11.3 Å². The van der Waals surface area contributed by atoms with Crippen LogP contribution in [0.25, 0.3) is 10.1 Å². The second-order valence-electron chi connectivity index (χ2n) is 4.67. The van der Waals surface area contributed by atoms with Crippen LogP contribution in [0.15, 0.2) is 47.8 Å². The van der Waals surface area contributed by atoms with Gasteiger partial charge >= 0.3 is 0 Å². The lowest BCUT2D eigenvalue weighted by molar-refractivity contribution is 0.413. The third kappa shape index (κ3) is 2.83. The Morgan fingerprint density at radius 3 is 2.90 bits per heavy atom. The number of rotatable bonds is 4. The summed E-state index contributed by atoms with van der Waals surface area (Å²) in [5.41, 5.74) is 2.69. The molecule has 0 unspecified atom stereocenters. The summed E-state index contributed by atoms with van der Waals surface area (Å²) in [6.07, 6.45) is 0. The molecule has 0 fully saturated rings. The average molecular weight is 294 g/mol. The Morgan fingerprint density at radius 2 is 2.10 bits per heavy atom. The standard InChI is InChI=1S/C17H14N2OS/c1-20-16-4-2-12(8-14(16)10-18)11-19-15-3-5-17-13(9-15)6-7-21-17/h2-9,19H,11H2,1H3. The van der Waals surface area contributed by atoms with Crippen molar-refractivity contribution in [3.8, 4) is 11.8 Å². The molecule has 0 aliphatic heterocycles. The first-order valence-electron chi connectivity index (χ1n) is 6.58. The Kier molecular flexibility index (Phi) is 3.76. The first-order chi connectivity index (χ1) is 10.3. The van der Waals surface area contributed by atoms with Crippen molar-refractivity contribution in [3.63, 3.8) is 0 Å². The molecule has 3 nitrogen and oxygen atoms in total. The molecule has 1 heterocycles. The van der Waals surface area contributed by atoms with Gasteiger partial charge in [0.2, 0.25) is 0 Å². The summed E-state index contributed by atoms with van der Waals surface area (Å²) in [5.74, 6) is 0.612. The maximum absolute atomic E-state index is 9.10. The quantitative estimate of drug-likeness (QED) is 0.776. The molecule has 0 atom stereocenters. The number of thiophene rings is 1. The number of nitrogens with zero attached hydrogens (tertiary/aromatic N) is 1. The molecule has 2 aromatic carbocycles. The highest BCUT2D eigenvalue weighted by atomic mass is 32.1. The molecule has 104 valence electrons. The van der Waals surface area contributed by atoms with Gasteiger partial charge in [0.1, 0.15) is 11.8 Å². The van der Waals surface area contributed by atoms with E-state index in [4.69, 9.17) is 10.00 Å². The molecule has 0 aliphatic carbocycles. The van der Waals surface area contributed by atoms with E-state index in [1.54, 1.807) is 18.4 Å². The second kappa shape index (κ2) is 5.86. The Morgan fingerprint density at radius 1 is 1.19 bits per heavy atom. The van der Waals surface area contributed by atoms with E-state index in [0.717, 1.165) is 11.3 Å². The predicted octanol–water partition coefficient (Wildman–Crippen LogP) is 4.39. The molecule has 3 aromatic rings. The molecule has 0 spiro atoms. The van der Waals surface area contributed by atoms with Gasteiger partial charge in [-0.2, -0.15) is 5.26 Å². The van der Waals surface area contributed by atoms with E-state index in [1.165, 1.54) is 10.1 Å². The fourth-order valence-corrected chi connectivity index (χ4v) is 3.00. The third-order valence-electron chi connectivity index (χ3n) is 3.33. The molecular weight excluding hydrogens is 280 g/mol. The number of nitrogens with one attached hydrogen (secondary N) is 1. The number of anilines is 1. The maximum Gasteiger partial charge on any atom is 0.136 e. The Labute approximate surface area is 127 Å². The molecule has 0 saturated carbocycles. The zero-order valence-electron chi connectivity index (χ0n) is 11.6. The van der Waals surface area contributed by atoms with Gasteiger partial charge in [-0.05, 0) is 52.7 Å². The molecule has 0 saturated heterocycles. The monoisotopic (exact) mass is 294 g/mol. The van der Waals surface area contributed by atoms with Crippen LogP contribution < -0.4 is 10.1 Å². The lowest BCUT2D eigenvalue weighted by Gasteiger charge is -2.09. The van der Waals surface area contributed by atoms with E-state index < -0.39 is 0 Å². The van der Waals surface area contributed by atoms with Crippen LogP contribution in [0.3, 0.4) is 0 Å². The highest BCUT2D eigenvalue weighted by Gasteiger charge is 2.04. The van der Waals surface area contributed by atoms with Gasteiger partial charge in [0, 0.05) is 16.9 Å². The molecule has 1 N–H and O–H groups in total. The lowest BCUT2D eigenvalue weighted by Crippen LogP contribution is -2.00. The van der Waals surface area contributed by atoms with Gasteiger partial charge in [0.05, 0.1) is 12.7 Å². The number of methoxy groups -OCH3 is 1. The minimum Gasteiger partial charge on any atom is -0.495 e. The van der Waals surface area contributed by atoms with Crippen LogP contribution in [0, 0.1) is 11.3 Å². The smallest absolute Gasteiger partial charge is 0.136 e. The highest BCUT2D eigenvalue weighted by Crippen LogP contribution is 2.25. The summed E-state index contributed by atoms with van der Waals surface area (Å²) in [6, 6.07) is 16.3. The van der Waals surface area contributed by atoms with Crippen LogP contribution in [0.4, 0.5) is 5.69 Å². The fraction of sp³-hybridized carbons (Fsp3) is 0.118. The lowest BCUT2D eigenvalue weighted by atomic mass is 10.1. The summed E-state index contributed by atoms with van der Waals surface area (Å²) >= 11 is 1.74. The topological polar surface area (TPSA) is 45.0 Å². The van der Waals surface area contributed by atoms with E-state index >= 15 is 0 Å². The van der Waals surface area contributed by atoms with Crippen LogP contribution in [0.2, 0.25) is 0 Å². The Bertz CT molecular complexity index is 817. The van der Waals surface area contributed by atoms with E-state index in [-0.39, 0.29) is 0 Å². The van der Waals surface area contributed by atoms with Gasteiger partial charge in [0.25, 0.3) is 0 Å². The normalized spacial score (nSPS) is 10.3. The molecule has 4 heteroatoms. The van der Waals surface area contributed by atoms with E-state index in [1.807, 2.05) is 18.2 Å². The van der Waals surface area contributed by atoms with E-state index in [0.29, 0.717) is 17.9 Å². The SMILES string of the molecule is COc1ccc(CNc2ccc3sccc3c2)cc1C#N. The molecule has 1 aromatic heterocycles. The molecule has 0 amide bonds. The van der Waals surface area contributed by atoms with Crippen molar-refractivity contribution >= 4 is 27.1 Å². The van der Waals surface area contributed by atoms with Crippen LogP contribution in [-0.4, -0.2) is 7.11 Å². The zero-order chi connectivity index (χ0) is 14.7. The van der Waals surface area contributed by atoms with Crippen LogP contribution in [0.5, 0.6) is 5.75 Å². The van der Waals surface area contributed by atoms with E-state index in [2.05, 4.69) is 41.0 Å². The van der Waals surface area contributed by atoms with Crippen molar-refractivity contribution in [2.45, 2.75) is 6.54 Å². The Hall–Kier alpha value is -2.51. The third-order valence-corrected chi connectivity index (χ3v) is 4.23. The highest BCUT2D eigenvalue weighted by molar-refractivity contribution is 7.17. The largest absolute Gasteiger partial charge is 0.495 e. The number of hydrogen-bond acceptors (Lipinski definition) is 4. The average Bonchev–Trinajstić information content (AvgIpc) is 3.00. The Balaban J connectivity index is 1.76. The van der Waals surface area contributed by atoms with Gasteiger partial charge < -0.3 is 10.1 Å². The molecule has 0 radical (unpaired) electrons. The maximum atomic E-state index is 9.10. The first kappa shape index (κ1) is 13.5. The molecule has 0 bridgehead atoms. The van der Waals surface area contributed by atoms with Crippen molar-refractivity contribution in [1.29, 1.82) is 5.26 Å². The summed E-state index contributed by atoms with van der Waals surface area (Å²) in [5, 5.41) is 15.8.